The van der Waals surface area contributed by atoms with E-state index in [2.05, 4.69) is 11.9 Å². The number of Topliss-reactive ketones (excluding diaryl/α,β-unsaturated/α-hetero) is 1. The molecule has 0 amide bonds. The summed E-state index contributed by atoms with van der Waals surface area (Å²) in [5.41, 5.74) is 2.08. The van der Waals surface area contributed by atoms with Gasteiger partial charge in [-0.05, 0) is 25.0 Å². The van der Waals surface area contributed by atoms with Gasteiger partial charge in [-0.3, -0.25) is 4.79 Å². The molecule has 0 spiro atoms. The van der Waals surface area contributed by atoms with Gasteiger partial charge in [-0.25, -0.2) is 4.98 Å². The zero-order chi connectivity index (χ0) is 15.2. The van der Waals surface area contributed by atoms with E-state index >= 15 is 0 Å². The first kappa shape index (κ1) is 15.7. The van der Waals surface area contributed by atoms with Crippen molar-refractivity contribution in [1.82, 2.24) is 4.98 Å². The standard InChI is InChI=1S/C17H21NO2S/c1-4-7-14-17(13(3)19)21-16(18-14)10-11-20-15-9-6-5-8-12(15)2/h5-6,8-9H,4,7,10-11H2,1-3H3. The lowest BCUT2D eigenvalue weighted by molar-refractivity contribution is 0.102. The quantitative estimate of drug-likeness (QED) is 0.719. The van der Waals surface area contributed by atoms with Gasteiger partial charge >= 0.3 is 0 Å². The number of aromatic nitrogens is 1. The van der Waals surface area contributed by atoms with E-state index in [1.54, 1.807) is 6.92 Å². The van der Waals surface area contributed by atoms with Crippen molar-refractivity contribution in [3.63, 3.8) is 0 Å². The molecule has 3 nitrogen and oxygen atoms in total. The molecule has 0 bridgehead atoms. The van der Waals surface area contributed by atoms with Gasteiger partial charge in [-0.1, -0.05) is 31.5 Å². The van der Waals surface area contributed by atoms with E-state index in [0.29, 0.717) is 6.61 Å². The lowest BCUT2D eigenvalue weighted by Crippen LogP contribution is -2.02. The number of para-hydroxylation sites is 1. The predicted octanol–water partition coefficient (Wildman–Crippen LogP) is 4.23. The number of ether oxygens (including phenoxy) is 1. The Bertz CT molecular complexity index is 619. The maximum absolute atomic E-state index is 11.6. The van der Waals surface area contributed by atoms with Crippen molar-refractivity contribution in [2.75, 3.05) is 6.61 Å². The monoisotopic (exact) mass is 303 g/mol. The van der Waals surface area contributed by atoms with Crippen LogP contribution in [0.25, 0.3) is 0 Å². The van der Waals surface area contributed by atoms with Gasteiger partial charge in [0, 0.05) is 13.3 Å². The molecule has 0 radical (unpaired) electrons. The van der Waals surface area contributed by atoms with E-state index in [1.807, 2.05) is 31.2 Å². The van der Waals surface area contributed by atoms with Crippen molar-refractivity contribution >= 4 is 17.1 Å². The van der Waals surface area contributed by atoms with Crippen LogP contribution < -0.4 is 4.74 Å². The normalized spacial score (nSPS) is 10.6. The van der Waals surface area contributed by atoms with Crippen LogP contribution >= 0.6 is 11.3 Å². The third-order valence-corrected chi connectivity index (χ3v) is 4.47. The van der Waals surface area contributed by atoms with Crippen LogP contribution in [0.5, 0.6) is 5.75 Å². The Hall–Kier alpha value is -1.68. The van der Waals surface area contributed by atoms with Crippen molar-refractivity contribution in [2.45, 2.75) is 40.0 Å². The molecular weight excluding hydrogens is 282 g/mol. The Labute approximate surface area is 130 Å². The number of hydrogen-bond donors (Lipinski definition) is 0. The molecule has 112 valence electrons. The number of nitrogens with zero attached hydrogens (tertiary/aromatic N) is 1. The van der Waals surface area contributed by atoms with Crippen LogP contribution in [-0.4, -0.2) is 17.4 Å². The lowest BCUT2D eigenvalue weighted by Gasteiger charge is -2.07. The van der Waals surface area contributed by atoms with Gasteiger partial charge < -0.3 is 4.74 Å². The summed E-state index contributed by atoms with van der Waals surface area (Å²) in [7, 11) is 0. The zero-order valence-electron chi connectivity index (χ0n) is 12.8. The molecule has 21 heavy (non-hydrogen) atoms. The Kier molecular flexibility index (Phi) is 5.51. The molecule has 0 fully saturated rings. The molecule has 2 rings (SSSR count). The van der Waals surface area contributed by atoms with Crippen molar-refractivity contribution in [3.8, 4) is 5.75 Å². The van der Waals surface area contributed by atoms with Crippen LogP contribution in [0.15, 0.2) is 24.3 Å². The maximum atomic E-state index is 11.6. The number of ketones is 1. The van der Waals surface area contributed by atoms with Gasteiger partial charge in [0.05, 0.1) is 22.2 Å². The molecule has 0 aliphatic rings. The number of benzene rings is 1. The fourth-order valence-corrected chi connectivity index (χ4v) is 3.14. The molecule has 1 heterocycles. The van der Waals surface area contributed by atoms with Gasteiger partial charge in [0.15, 0.2) is 5.78 Å². The summed E-state index contributed by atoms with van der Waals surface area (Å²) in [6.45, 7) is 6.33. The number of rotatable bonds is 7. The Morgan fingerprint density at radius 1 is 1.29 bits per heavy atom. The second kappa shape index (κ2) is 7.36. The summed E-state index contributed by atoms with van der Waals surface area (Å²) in [5, 5.41) is 0.984. The van der Waals surface area contributed by atoms with Gasteiger partial charge in [0.25, 0.3) is 0 Å². The van der Waals surface area contributed by atoms with Gasteiger partial charge in [0.2, 0.25) is 0 Å². The van der Waals surface area contributed by atoms with Crippen molar-refractivity contribution in [2.24, 2.45) is 0 Å². The largest absolute Gasteiger partial charge is 0.493 e. The third kappa shape index (κ3) is 4.14. The molecular formula is C17H21NO2S. The highest BCUT2D eigenvalue weighted by atomic mass is 32.1. The summed E-state index contributed by atoms with van der Waals surface area (Å²) >= 11 is 1.51. The summed E-state index contributed by atoms with van der Waals surface area (Å²) in [5.74, 6) is 1.02. The first-order valence-electron chi connectivity index (χ1n) is 7.29. The third-order valence-electron chi connectivity index (χ3n) is 3.22. The summed E-state index contributed by atoms with van der Waals surface area (Å²) in [6.07, 6.45) is 2.61. The Morgan fingerprint density at radius 2 is 2.05 bits per heavy atom. The van der Waals surface area contributed by atoms with Crippen LogP contribution in [0.1, 0.15) is 46.2 Å². The molecule has 1 aromatic heterocycles. The topological polar surface area (TPSA) is 39.2 Å². The van der Waals surface area contributed by atoms with Gasteiger partial charge in [-0.15, -0.1) is 11.3 Å². The van der Waals surface area contributed by atoms with Crippen LogP contribution in [0.2, 0.25) is 0 Å². The molecule has 0 N–H and O–H groups in total. The van der Waals surface area contributed by atoms with Crippen molar-refractivity contribution in [3.05, 3.63) is 45.4 Å². The average molecular weight is 303 g/mol. The minimum atomic E-state index is 0.113. The highest BCUT2D eigenvalue weighted by molar-refractivity contribution is 7.13. The molecule has 0 saturated carbocycles. The first-order valence-corrected chi connectivity index (χ1v) is 8.11. The van der Waals surface area contributed by atoms with E-state index in [4.69, 9.17) is 4.74 Å². The number of hydrogen-bond acceptors (Lipinski definition) is 4. The van der Waals surface area contributed by atoms with Crippen LogP contribution in [0, 0.1) is 6.92 Å². The van der Waals surface area contributed by atoms with Gasteiger partial charge in [0.1, 0.15) is 5.75 Å². The van der Waals surface area contributed by atoms with Crippen molar-refractivity contribution in [1.29, 1.82) is 0 Å². The molecule has 0 atom stereocenters. The molecule has 0 aliphatic heterocycles. The highest BCUT2D eigenvalue weighted by Crippen LogP contribution is 2.22. The number of aryl methyl sites for hydroxylation is 2. The summed E-state index contributed by atoms with van der Waals surface area (Å²) < 4.78 is 5.79. The second-order valence-electron chi connectivity index (χ2n) is 5.05. The Morgan fingerprint density at radius 3 is 2.71 bits per heavy atom. The molecule has 2 aromatic rings. The molecule has 4 heteroatoms. The van der Waals surface area contributed by atoms with E-state index in [9.17, 15) is 4.79 Å². The van der Waals surface area contributed by atoms with Crippen molar-refractivity contribution < 1.29 is 9.53 Å². The fourth-order valence-electron chi connectivity index (χ4n) is 2.16. The van der Waals surface area contributed by atoms with Crippen LogP contribution in [0.3, 0.4) is 0 Å². The molecule has 0 aliphatic carbocycles. The second-order valence-corrected chi connectivity index (χ2v) is 6.14. The predicted molar refractivity (Wildman–Crippen MR) is 86.5 cm³/mol. The average Bonchev–Trinajstić information content (AvgIpc) is 2.85. The SMILES string of the molecule is CCCc1nc(CCOc2ccccc2C)sc1C(C)=O. The minimum Gasteiger partial charge on any atom is -0.493 e. The smallest absolute Gasteiger partial charge is 0.171 e. The van der Waals surface area contributed by atoms with E-state index in [-0.39, 0.29) is 5.78 Å². The minimum absolute atomic E-state index is 0.113. The zero-order valence-corrected chi connectivity index (χ0v) is 13.6. The number of carbonyl (C=O) groups is 1. The number of thiazole rings is 1. The van der Waals surface area contributed by atoms with E-state index in [1.165, 1.54) is 11.3 Å². The van der Waals surface area contributed by atoms with Crippen LogP contribution in [-0.2, 0) is 12.8 Å². The maximum Gasteiger partial charge on any atom is 0.171 e. The Balaban J connectivity index is 1.99. The van der Waals surface area contributed by atoms with Crippen LogP contribution in [0.4, 0.5) is 0 Å². The molecule has 0 saturated heterocycles. The lowest BCUT2D eigenvalue weighted by atomic mass is 10.2. The first-order chi connectivity index (χ1) is 10.1. The summed E-state index contributed by atoms with van der Waals surface area (Å²) in [4.78, 5) is 17.0. The summed E-state index contributed by atoms with van der Waals surface area (Å²) in [6, 6.07) is 7.98. The van der Waals surface area contributed by atoms with E-state index in [0.717, 1.165) is 46.2 Å². The molecule has 1 aromatic carbocycles. The fraction of sp³-hybridized carbons (Fsp3) is 0.412. The van der Waals surface area contributed by atoms with Gasteiger partial charge in [-0.2, -0.15) is 0 Å². The van der Waals surface area contributed by atoms with E-state index < -0.39 is 0 Å². The highest BCUT2D eigenvalue weighted by Gasteiger charge is 2.14. The number of carbonyl (C=O) groups excluding carboxylic acids is 1. The molecule has 0 unspecified atom stereocenters.